The zero-order chi connectivity index (χ0) is 9.19. The fourth-order valence-corrected chi connectivity index (χ4v) is 1.07. The summed E-state index contributed by atoms with van der Waals surface area (Å²) in [6.45, 7) is 0. The maximum absolute atomic E-state index is 2.24. The Hall–Kier alpha value is -1.30. The van der Waals surface area contributed by atoms with Gasteiger partial charge in [0.15, 0.2) is 0 Å². The van der Waals surface area contributed by atoms with Crippen molar-refractivity contribution in [2.24, 2.45) is 0 Å². The van der Waals surface area contributed by atoms with E-state index >= 15 is 0 Å². The van der Waals surface area contributed by atoms with E-state index in [0.717, 1.165) is 19.3 Å². The fourth-order valence-electron chi connectivity index (χ4n) is 1.07. The van der Waals surface area contributed by atoms with Gasteiger partial charge in [0.05, 0.1) is 0 Å². The first kappa shape index (κ1) is 9.79. The molecule has 68 valence electrons. The summed E-state index contributed by atoms with van der Waals surface area (Å²) in [7, 11) is 0. The van der Waals surface area contributed by atoms with E-state index in [1.807, 2.05) is 12.2 Å². The third-order valence-electron chi connectivity index (χ3n) is 1.77. The van der Waals surface area contributed by atoms with Crippen molar-refractivity contribution in [1.29, 1.82) is 0 Å². The van der Waals surface area contributed by atoms with Crippen molar-refractivity contribution in [2.45, 2.75) is 19.3 Å². The predicted molar refractivity (Wildman–Crippen MR) is 59.6 cm³/mol. The Morgan fingerprint density at radius 3 is 1.92 bits per heavy atom. The molecule has 0 heterocycles. The van der Waals surface area contributed by atoms with E-state index in [-0.39, 0.29) is 0 Å². The zero-order valence-corrected chi connectivity index (χ0v) is 7.89. The molecule has 0 saturated carbocycles. The van der Waals surface area contributed by atoms with E-state index in [0.29, 0.717) is 0 Å². The SMILES string of the molecule is C1=CC/C=C/CC/C=C/C=C/C=C\1. The normalized spacial score (nSPS) is 27.7. The van der Waals surface area contributed by atoms with Crippen LogP contribution in [0, 0.1) is 0 Å². The van der Waals surface area contributed by atoms with Crippen molar-refractivity contribution in [1.82, 2.24) is 0 Å². The van der Waals surface area contributed by atoms with Crippen LogP contribution in [0.1, 0.15) is 19.3 Å². The molecule has 0 heteroatoms. The van der Waals surface area contributed by atoms with Crippen molar-refractivity contribution in [3.05, 3.63) is 60.8 Å². The van der Waals surface area contributed by atoms with E-state index < -0.39 is 0 Å². The first-order chi connectivity index (χ1) is 6.50. The van der Waals surface area contributed by atoms with E-state index in [2.05, 4.69) is 48.6 Å². The minimum absolute atomic E-state index is 1.04. The van der Waals surface area contributed by atoms with Crippen LogP contribution in [-0.2, 0) is 0 Å². The summed E-state index contributed by atoms with van der Waals surface area (Å²) >= 11 is 0. The minimum Gasteiger partial charge on any atom is -0.0879 e. The highest BCUT2D eigenvalue weighted by atomic mass is 13.8. The van der Waals surface area contributed by atoms with Gasteiger partial charge in [-0.25, -0.2) is 0 Å². The lowest BCUT2D eigenvalue weighted by atomic mass is 10.2. The van der Waals surface area contributed by atoms with Crippen molar-refractivity contribution in [2.75, 3.05) is 0 Å². The molecule has 0 fully saturated rings. The molecule has 0 N–H and O–H groups in total. The van der Waals surface area contributed by atoms with Gasteiger partial charge in [-0.1, -0.05) is 60.8 Å². The molecule has 0 aromatic carbocycles. The largest absolute Gasteiger partial charge is 0.0879 e. The summed E-state index contributed by atoms with van der Waals surface area (Å²) < 4.78 is 0. The Labute approximate surface area is 80.7 Å². The summed E-state index contributed by atoms with van der Waals surface area (Å²) in [6.07, 6.45) is 24.5. The van der Waals surface area contributed by atoms with Crippen LogP contribution in [0.15, 0.2) is 60.8 Å². The van der Waals surface area contributed by atoms with E-state index in [4.69, 9.17) is 0 Å². The van der Waals surface area contributed by atoms with Gasteiger partial charge in [-0.05, 0) is 19.3 Å². The lowest BCUT2D eigenvalue weighted by molar-refractivity contribution is 1.04. The van der Waals surface area contributed by atoms with Gasteiger partial charge in [-0.3, -0.25) is 0 Å². The quantitative estimate of drug-likeness (QED) is 0.485. The monoisotopic (exact) mass is 172 g/mol. The Bertz CT molecular complexity index is 249. The van der Waals surface area contributed by atoms with Crippen LogP contribution < -0.4 is 0 Å². The molecule has 0 saturated heterocycles. The number of rotatable bonds is 0. The fraction of sp³-hybridized carbons (Fsp3) is 0.231. The van der Waals surface area contributed by atoms with Gasteiger partial charge in [0, 0.05) is 0 Å². The second-order valence-corrected chi connectivity index (χ2v) is 2.91. The second-order valence-electron chi connectivity index (χ2n) is 2.91. The molecule has 1 aliphatic carbocycles. The Morgan fingerprint density at radius 2 is 1.08 bits per heavy atom. The second kappa shape index (κ2) is 7.35. The number of hydrogen-bond donors (Lipinski definition) is 0. The lowest BCUT2D eigenvalue weighted by Gasteiger charge is -1.84. The summed E-state index contributed by atoms with van der Waals surface area (Å²) in [5.41, 5.74) is 0. The summed E-state index contributed by atoms with van der Waals surface area (Å²) in [4.78, 5) is 0. The topological polar surface area (TPSA) is 0 Å². The van der Waals surface area contributed by atoms with Gasteiger partial charge < -0.3 is 0 Å². The highest BCUT2D eigenvalue weighted by molar-refractivity contribution is 5.16. The van der Waals surface area contributed by atoms with Crippen molar-refractivity contribution >= 4 is 0 Å². The average molecular weight is 172 g/mol. The molecule has 0 unspecified atom stereocenters. The van der Waals surface area contributed by atoms with E-state index in [1.165, 1.54) is 0 Å². The molecule has 0 atom stereocenters. The number of hydrogen-bond acceptors (Lipinski definition) is 0. The molecule has 1 rings (SSSR count). The Balaban J connectivity index is 2.50. The maximum Gasteiger partial charge on any atom is -0.0166 e. The maximum atomic E-state index is 2.24. The molecule has 0 spiro atoms. The van der Waals surface area contributed by atoms with E-state index in [9.17, 15) is 0 Å². The first-order valence-corrected chi connectivity index (χ1v) is 4.80. The van der Waals surface area contributed by atoms with Gasteiger partial charge in [0.1, 0.15) is 0 Å². The highest BCUT2D eigenvalue weighted by Gasteiger charge is 1.76. The molecular formula is C13H16. The molecule has 0 nitrogen and oxygen atoms in total. The van der Waals surface area contributed by atoms with Gasteiger partial charge in [-0.15, -0.1) is 0 Å². The summed E-state index contributed by atoms with van der Waals surface area (Å²) in [5.74, 6) is 0. The van der Waals surface area contributed by atoms with Crippen LogP contribution in [-0.4, -0.2) is 0 Å². The smallest absolute Gasteiger partial charge is 0.0166 e. The van der Waals surface area contributed by atoms with Crippen molar-refractivity contribution < 1.29 is 0 Å². The molecule has 0 aromatic rings. The van der Waals surface area contributed by atoms with Crippen LogP contribution in [0.5, 0.6) is 0 Å². The Morgan fingerprint density at radius 1 is 0.462 bits per heavy atom. The Kier molecular flexibility index (Phi) is 5.54. The number of allylic oxidation sites excluding steroid dienone is 10. The first-order valence-electron chi connectivity index (χ1n) is 4.80. The molecule has 1 aliphatic rings. The molecule has 0 bridgehead atoms. The summed E-state index contributed by atoms with van der Waals surface area (Å²) in [5, 5.41) is 0. The molecule has 0 radical (unpaired) electrons. The molecular weight excluding hydrogens is 156 g/mol. The van der Waals surface area contributed by atoms with Gasteiger partial charge in [-0.2, -0.15) is 0 Å². The van der Waals surface area contributed by atoms with Crippen LogP contribution in [0.25, 0.3) is 0 Å². The van der Waals surface area contributed by atoms with Crippen molar-refractivity contribution in [3.63, 3.8) is 0 Å². The minimum atomic E-state index is 1.04. The highest BCUT2D eigenvalue weighted by Crippen LogP contribution is 1.96. The predicted octanol–water partition coefficient (Wildman–Crippen LogP) is 3.95. The standard InChI is InChI=1S/C13H16/c1-2-4-6-8-10-12-13-11-9-7-5-3-1/h1-8,11,13H,9-10,12H2/b3-1-,4-2+,7-5?,8-6+,13-11+. The van der Waals surface area contributed by atoms with Gasteiger partial charge in [0.2, 0.25) is 0 Å². The average Bonchev–Trinajstić information content (AvgIpc) is 2.18. The third-order valence-corrected chi connectivity index (χ3v) is 1.77. The van der Waals surface area contributed by atoms with Crippen molar-refractivity contribution in [3.8, 4) is 0 Å². The van der Waals surface area contributed by atoms with Gasteiger partial charge in [0.25, 0.3) is 0 Å². The van der Waals surface area contributed by atoms with Crippen LogP contribution in [0.3, 0.4) is 0 Å². The van der Waals surface area contributed by atoms with Crippen LogP contribution in [0.4, 0.5) is 0 Å². The summed E-state index contributed by atoms with van der Waals surface area (Å²) in [6, 6.07) is 0. The van der Waals surface area contributed by atoms with Crippen LogP contribution in [0.2, 0.25) is 0 Å². The molecule has 0 aliphatic heterocycles. The lowest BCUT2D eigenvalue weighted by Crippen LogP contribution is -1.64. The zero-order valence-electron chi connectivity index (χ0n) is 7.89. The van der Waals surface area contributed by atoms with Gasteiger partial charge >= 0.3 is 0 Å². The molecule has 0 amide bonds. The molecule has 13 heavy (non-hydrogen) atoms. The van der Waals surface area contributed by atoms with E-state index in [1.54, 1.807) is 0 Å². The third kappa shape index (κ3) is 5.92. The van der Waals surface area contributed by atoms with Crippen LogP contribution >= 0.6 is 0 Å². The molecule has 0 aromatic heterocycles.